The zero-order valence-electron chi connectivity index (χ0n) is 19.8. The summed E-state index contributed by atoms with van der Waals surface area (Å²) in [5, 5.41) is 0. The molecule has 0 bridgehead atoms. The summed E-state index contributed by atoms with van der Waals surface area (Å²) in [7, 11) is 0. The van der Waals surface area contributed by atoms with Gasteiger partial charge in [0.05, 0.1) is 5.69 Å². The smallest absolute Gasteiger partial charge is 0.225 e. The second-order valence-electron chi connectivity index (χ2n) is 10.2. The third-order valence-electron chi connectivity index (χ3n) is 8.14. The fraction of sp³-hybridized carbons (Fsp3) is 0.654. The normalized spacial score (nSPS) is 22.8. The Morgan fingerprint density at radius 2 is 1.58 bits per heavy atom. The molecule has 0 unspecified atom stereocenters. The summed E-state index contributed by atoms with van der Waals surface area (Å²) in [6, 6.07) is 5.31. The molecule has 0 spiro atoms. The van der Waals surface area contributed by atoms with Crippen LogP contribution in [0.1, 0.15) is 48.9 Å². The zero-order chi connectivity index (χ0) is 22.0. The Bertz CT molecular complexity index is 928. The van der Waals surface area contributed by atoms with Crippen molar-refractivity contribution in [2.75, 3.05) is 62.2 Å². The van der Waals surface area contributed by atoms with Gasteiger partial charge < -0.3 is 9.80 Å². The van der Waals surface area contributed by atoms with E-state index in [1.807, 2.05) is 0 Å². The van der Waals surface area contributed by atoms with Crippen LogP contribution >= 0.6 is 0 Å². The predicted molar refractivity (Wildman–Crippen MR) is 132 cm³/mol. The average Bonchev–Trinajstić information content (AvgIpc) is 3.29. The fourth-order valence-corrected chi connectivity index (χ4v) is 5.76. The van der Waals surface area contributed by atoms with Crippen molar-refractivity contribution >= 4 is 11.8 Å². The molecule has 0 aromatic carbocycles. The molecule has 0 atom stereocenters. The van der Waals surface area contributed by atoms with Crippen LogP contribution in [0.2, 0.25) is 0 Å². The van der Waals surface area contributed by atoms with Crippen molar-refractivity contribution in [2.24, 2.45) is 0 Å². The van der Waals surface area contributed by atoms with Crippen LogP contribution in [0.3, 0.4) is 0 Å². The highest BCUT2D eigenvalue weighted by Crippen LogP contribution is 2.26. The standard InChI is InChI=1S/C26H37N7/c1-2-11-32(10-1)25-7-6-21(18-27-25)20-30-12-8-22-19-28-26(29-24(22)9-13-30)33-16-14-31(15-17-33)23-4-3-5-23/h6-7,18-19,23H,1-5,8-17,20H2. The topological polar surface area (TPSA) is 51.6 Å². The molecule has 5 heterocycles. The van der Waals surface area contributed by atoms with E-state index in [-0.39, 0.29) is 0 Å². The van der Waals surface area contributed by atoms with Crippen molar-refractivity contribution in [3.8, 4) is 0 Å². The third kappa shape index (κ3) is 4.71. The highest BCUT2D eigenvalue weighted by atomic mass is 15.3. The van der Waals surface area contributed by atoms with Crippen molar-refractivity contribution in [2.45, 2.75) is 57.5 Å². The molecule has 0 N–H and O–H groups in total. The molecule has 3 aliphatic heterocycles. The van der Waals surface area contributed by atoms with E-state index in [2.05, 4.69) is 44.1 Å². The number of pyridine rings is 1. The van der Waals surface area contributed by atoms with E-state index in [1.54, 1.807) is 0 Å². The molecule has 2 aromatic heterocycles. The van der Waals surface area contributed by atoms with E-state index in [4.69, 9.17) is 15.0 Å². The molecular weight excluding hydrogens is 410 g/mol. The molecule has 33 heavy (non-hydrogen) atoms. The van der Waals surface area contributed by atoms with Crippen molar-refractivity contribution in [1.29, 1.82) is 0 Å². The van der Waals surface area contributed by atoms with Crippen molar-refractivity contribution in [3.63, 3.8) is 0 Å². The number of hydrogen-bond acceptors (Lipinski definition) is 7. The van der Waals surface area contributed by atoms with Gasteiger partial charge in [-0.15, -0.1) is 0 Å². The van der Waals surface area contributed by atoms with E-state index in [9.17, 15) is 0 Å². The minimum Gasteiger partial charge on any atom is -0.357 e. The van der Waals surface area contributed by atoms with Gasteiger partial charge in [0, 0.05) is 83.8 Å². The molecule has 2 aromatic rings. The molecule has 2 saturated heterocycles. The van der Waals surface area contributed by atoms with Gasteiger partial charge in [0.2, 0.25) is 5.95 Å². The maximum atomic E-state index is 5.05. The fourth-order valence-electron chi connectivity index (χ4n) is 5.76. The number of anilines is 2. The van der Waals surface area contributed by atoms with Crippen LogP contribution < -0.4 is 9.80 Å². The molecule has 3 fully saturated rings. The molecule has 1 saturated carbocycles. The first-order valence-electron chi connectivity index (χ1n) is 13.1. The lowest BCUT2D eigenvalue weighted by Gasteiger charge is -2.43. The quantitative estimate of drug-likeness (QED) is 0.699. The van der Waals surface area contributed by atoms with E-state index in [0.29, 0.717) is 0 Å². The molecule has 0 radical (unpaired) electrons. The Labute approximate surface area is 197 Å². The van der Waals surface area contributed by atoms with E-state index in [0.717, 1.165) is 89.6 Å². The lowest BCUT2D eigenvalue weighted by Crippen LogP contribution is -2.52. The average molecular weight is 448 g/mol. The van der Waals surface area contributed by atoms with Crippen LogP contribution in [-0.4, -0.2) is 83.2 Å². The lowest BCUT2D eigenvalue weighted by molar-refractivity contribution is 0.120. The Balaban J connectivity index is 1.05. The zero-order valence-corrected chi connectivity index (χ0v) is 19.8. The van der Waals surface area contributed by atoms with Crippen molar-refractivity contribution in [1.82, 2.24) is 24.8 Å². The van der Waals surface area contributed by atoms with Crippen LogP contribution in [0.4, 0.5) is 11.8 Å². The van der Waals surface area contributed by atoms with Gasteiger partial charge in [0.25, 0.3) is 0 Å². The van der Waals surface area contributed by atoms with Crippen LogP contribution in [0, 0.1) is 0 Å². The first-order valence-corrected chi connectivity index (χ1v) is 13.1. The van der Waals surface area contributed by atoms with E-state index >= 15 is 0 Å². The van der Waals surface area contributed by atoms with Gasteiger partial charge >= 0.3 is 0 Å². The number of hydrogen-bond donors (Lipinski definition) is 0. The van der Waals surface area contributed by atoms with Crippen LogP contribution in [0.5, 0.6) is 0 Å². The Morgan fingerprint density at radius 3 is 2.30 bits per heavy atom. The Hall–Kier alpha value is -2.25. The predicted octanol–water partition coefficient (Wildman–Crippen LogP) is 2.75. The summed E-state index contributed by atoms with van der Waals surface area (Å²) >= 11 is 0. The molecule has 7 heteroatoms. The highest BCUT2D eigenvalue weighted by Gasteiger charge is 2.29. The molecular formula is C26H37N7. The van der Waals surface area contributed by atoms with Crippen molar-refractivity contribution in [3.05, 3.63) is 41.3 Å². The van der Waals surface area contributed by atoms with Crippen LogP contribution in [-0.2, 0) is 19.4 Å². The Kier molecular flexibility index (Phi) is 6.16. The van der Waals surface area contributed by atoms with Gasteiger partial charge in [-0.05, 0) is 49.3 Å². The Morgan fingerprint density at radius 1 is 0.758 bits per heavy atom. The number of aromatic nitrogens is 3. The van der Waals surface area contributed by atoms with Gasteiger partial charge in [-0.1, -0.05) is 12.5 Å². The molecule has 176 valence electrons. The number of fused-ring (bicyclic) bond motifs is 1. The maximum Gasteiger partial charge on any atom is 0.225 e. The third-order valence-corrected chi connectivity index (χ3v) is 8.14. The van der Waals surface area contributed by atoms with Crippen molar-refractivity contribution < 1.29 is 0 Å². The maximum absolute atomic E-state index is 5.05. The van der Waals surface area contributed by atoms with Gasteiger partial charge in [-0.25, -0.2) is 15.0 Å². The van der Waals surface area contributed by atoms with Gasteiger partial charge in [0.15, 0.2) is 0 Å². The summed E-state index contributed by atoms with van der Waals surface area (Å²) in [4.78, 5) is 24.6. The summed E-state index contributed by atoms with van der Waals surface area (Å²) in [5.41, 5.74) is 3.89. The first-order chi connectivity index (χ1) is 16.3. The number of rotatable bonds is 5. The summed E-state index contributed by atoms with van der Waals surface area (Å²) < 4.78 is 0. The van der Waals surface area contributed by atoms with E-state index < -0.39 is 0 Å². The van der Waals surface area contributed by atoms with Gasteiger partial charge in [0.1, 0.15) is 5.82 Å². The minimum atomic E-state index is 0.845. The van der Waals surface area contributed by atoms with Crippen LogP contribution in [0.15, 0.2) is 24.5 Å². The minimum absolute atomic E-state index is 0.845. The van der Waals surface area contributed by atoms with Crippen LogP contribution in [0.25, 0.3) is 0 Å². The second-order valence-corrected chi connectivity index (χ2v) is 10.2. The monoisotopic (exact) mass is 447 g/mol. The molecule has 1 aliphatic carbocycles. The number of nitrogens with zero attached hydrogens (tertiary/aromatic N) is 7. The molecule has 7 nitrogen and oxygen atoms in total. The first kappa shape index (κ1) is 21.3. The second kappa shape index (κ2) is 9.55. The summed E-state index contributed by atoms with van der Waals surface area (Å²) in [5.74, 6) is 2.08. The van der Waals surface area contributed by atoms with Gasteiger partial charge in [-0.3, -0.25) is 9.80 Å². The lowest BCUT2D eigenvalue weighted by atomic mass is 9.91. The molecule has 6 rings (SSSR count). The van der Waals surface area contributed by atoms with E-state index in [1.165, 1.54) is 48.9 Å². The number of piperazine rings is 1. The summed E-state index contributed by atoms with van der Waals surface area (Å²) in [6.07, 6.45) is 13.0. The molecule has 4 aliphatic rings. The highest BCUT2D eigenvalue weighted by molar-refractivity contribution is 5.40. The summed E-state index contributed by atoms with van der Waals surface area (Å²) in [6.45, 7) is 9.80. The SMILES string of the molecule is c1cc(N2CCCC2)ncc1CN1CCc2cnc(N3CCN(C4CCC4)CC3)nc2CC1. The van der Waals surface area contributed by atoms with Gasteiger partial charge in [-0.2, -0.15) is 0 Å². The largest absolute Gasteiger partial charge is 0.357 e. The molecule has 0 amide bonds.